The predicted molar refractivity (Wildman–Crippen MR) is 65.3 cm³/mol. The zero-order chi connectivity index (χ0) is 13.4. The number of amides is 2. The highest BCUT2D eigenvalue weighted by atomic mass is 16.5. The standard InChI is InChI=1S/C11H21N3O4/c1-17-9-10(15)12-3-4-13-5-7-14(8-6-13)11(16)18-2/h3-9H2,1-2H3,(H,12,15). The summed E-state index contributed by atoms with van der Waals surface area (Å²) in [4.78, 5) is 26.3. The Labute approximate surface area is 107 Å². The van der Waals surface area contributed by atoms with Crippen molar-refractivity contribution in [2.75, 3.05) is 60.1 Å². The molecule has 0 aliphatic carbocycles. The van der Waals surface area contributed by atoms with E-state index in [0.29, 0.717) is 19.6 Å². The second-order valence-corrected chi connectivity index (χ2v) is 4.08. The van der Waals surface area contributed by atoms with Crippen molar-refractivity contribution in [2.45, 2.75) is 0 Å². The summed E-state index contributed by atoms with van der Waals surface area (Å²) in [5.41, 5.74) is 0. The Morgan fingerprint density at radius 3 is 2.39 bits per heavy atom. The number of methoxy groups -OCH3 is 2. The van der Waals surface area contributed by atoms with Crippen LogP contribution in [0.1, 0.15) is 0 Å². The van der Waals surface area contributed by atoms with E-state index in [0.717, 1.165) is 19.6 Å². The first-order valence-corrected chi connectivity index (χ1v) is 5.98. The molecule has 0 aromatic carbocycles. The number of nitrogens with one attached hydrogen (secondary N) is 1. The van der Waals surface area contributed by atoms with Gasteiger partial charge in [0.2, 0.25) is 5.91 Å². The van der Waals surface area contributed by atoms with Crippen molar-refractivity contribution in [3.63, 3.8) is 0 Å². The molecule has 0 aromatic heterocycles. The maximum Gasteiger partial charge on any atom is 0.409 e. The number of nitrogens with zero attached hydrogens (tertiary/aromatic N) is 2. The predicted octanol–water partition coefficient (Wildman–Crippen LogP) is -0.867. The molecule has 1 rings (SSSR count). The Bertz CT molecular complexity index is 277. The summed E-state index contributed by atoms with van der Waals surface area (Å²) >= 11 is 0. The molecule has 2 amide bonds. The van der Waals surface area contributed by atoms with E-state index in [1.54, 1.807) is 4.90 Å². The molecule has 1 N–H and O–H groups in total. The zero-order valence-corrected chi connectivity index (χ0v) is 11.0. The van der Waals surface area contributed by atoms with Crippen molar-refractivity contribution in [3.8, 4) is 0 Å². The van der Waals surface area contributed by atoms with Gasteiger partial charge in [-0.1, -0.05) is 0 Å². The molecular formula is C11H21N3O4. The van der Waals surface area contributed by atoms with E-state index in [1.165, 1.54) is 14.2 Å². The van der Waals surface area contributed by atoms with Crippen molar-refractivity contribution in [1.82, 2.24) is 15.1 Å². The highest BCUT2D eigenvalue weighted by Crippen LogP contribution is 2.02. The van der Waals surface area contributed by atoms with Crippen LogP contribution in [0.5, 0.6) is 0 Å². The lowest BCUT2D eigenvalue weighted by molar-refractivity contribution is -0.124. The average Bonchev–Trinajstić information content (AvgIpc) is 2.39. The highest BCUT2D eigenvalue weighted by molar-refractivity contribution is 5.77. The monoisotopic (exact) mass is 259 g/mol. The third-order valence-electron chi connectivity index (χ3n) is 2.83. The summed E-state index contributed by atoms with van der Waals surface area (Å²) in [7, 11) is 2.88. The minimum Gasteiger partial charge on any atom is -0.453 e. The Morgan fingerprint density at radius 1 is 1.17 bits per heavy atom. The van der Waals surface area contributed by atoms with E-state index in [9.17, 15) is 9.59 Å². The van der Waals surface area contributed by atoms with Crippen molar-refractivity contribution in [1.29, 1.82) is 0 Å². The second-order valence-electron chi connectivity index (χ2n) is 4.08. The molecule has 0 spiro atoms. The third-order valence-corrected chi connectivity index (χ3v) is 2.83. The first-order chi connectivity index (χ1) is 8.67. The number of rotatable bonds is 5. The molecule has 0 aromatic rings. The molecule has 0 saturated carbocycles. The summed E-state index contributed by atoms with van der Waals surface area (Å²) in [5.74, 6) is -0.106. The number of carbonyl (C=O) groups is 2. The number of piperazine rings is 1. The van der Waals surface area contributed by atoms with Crippen molar-refractivity contribution < 1.29 is 19.1 Å². The van der Waals surface area contributed by atoms with Crippen LogP contribution in [0, 0.1) is 0 Å². The van der Waals surface area contributed by atoms with Crippen LogP contribution in [0.4, 0.5) is 4.79 Å². The van der Waals surface area contributed by atoms with E-state index in [4.69, 9.17) is 4.74 Å². The fraction of sp³-hybridized carbons (Fsp3) is 0.818. The zero-order valence-electron chi connectivity index (χ0n) is 11.0. The summed E-state index contributed by atoms with van der Waals surface area (Å²) in [6, 6.07) is 0. The van der Waals surface area contributed by atoms with Gasteiger partial charge in [0.25, 0.3) is 0 Å². The Hall–Kier alpha value is -1.34. The van der Waals surface area contributed by atoms with Crippen LogP contribution in [0.3, 0.4) is 0 Å². The molecule has 0 radical (unpaired) electrons. The lowest BCUT2D eigenvalue weighted by Gasteiger charge is -2.33. The van der Waals surface area contributed by atoms with Gasteiger partial charge in [0.05, 0.1) is 7.11 Å². The fourth-order valence-electron chi connectivity index (χ4n) is 1.82. The second kappa shape index (κ2) is 7.88. The number of hydrogen-bond donors (Lipinski definition) is 1. The normalized spacial score (nSPS) is 16.4. The molecule has 1 fully saturated rings. The Morgan fingerprint density at radius 2 is 1.83 bits per heavy atom. The molecule has 0 atom stereocenters. The van der Waals surface area contributed by atoms with Gasteiger partial charge in [0.1, 0.15) is 6.61 Å². The van der Waals surface area contributed by atoms with E-state index < -0.39 is 0 Å². The van der Waals surface area contributed by atoms with Crippen molar-refractivity contribution >= 4 is 12.0 Å². The molecule has 104 valence electrons. The smallest absolute Gasteiger partial charge is 0.409 e. The summed E-state index contributed by atoms with van der Waals surface area (Å²) in [6.07, 6.45) is -0.275. The van der Waals surface area contributed by atoms with Crippen LogP contribution in [0.2, 0.25) is 0 Å². The Balaban J connectivity index is 2.12. The highest BCUT2D eigenvalue weighted by Gasteiger charge is 2.20. The quantitative estimate of drug-likeness (QED) is 0.695. The van der Waals surface area contributed by atoms with Crippen LogP contribution in [-0.2, 0) is 14.3 Å². The average molecular weight is 259 g/mol. The lowest BCUT2D eigenvalue weighted by Crippen LogP contribution is -2.50. The fourth-order valence-corrected chi connectivity index (χ4v) is 1.82. The van der Waals surface area contributed by atoms with Gasteiger partial charge < -0.3 is 19.7 Å². The van der Waals surface area contributed by atoms with Gasteiger partial charge in [-0.25, -0.2) is 4.79 Å². The molecular weight excluding hydrogens is 238 g/mol. The van der Waals surface area contributed by atoms with Crippen LogP contribution >= 0.6 is 0 Å². The lowest BCUT2D eigenvalue weighted by atomic mass is 10.3. The largest absolute Gasteiger partial charge is 0.453 e. The number of hydrogen-bond acceptors (Lipinski definition) is 5. The summed E-state index contributed by atoms with van der Waals surface area (Å²) < 4.78 is 9.38. The maximum atomic E-state index is 11.3. The van der Waals surface area contributed by atoms with Gasteiger partial charge in [-0.3, -0.25) is 9.69 Å². The van der Waals surface area contributed by atoms with Gasteiger partial charge in [0.15, 0.2) is 0 Å². The van der Waals surface area contributed by atoms with Crippen LogP contribution in [0.25, 0.3) is 0 Å². The number of ether oxygens (including phenoxy) is 2. The minimum absolute atomic E-state index is 0.0934. The van der Waals surface area contributed by atoms with Gasteiger partial charge >= 0.3 is 6.09 Å². The van der Waals surface area contributed by atoms with Gasteiger partial charge in [-0.2, -0.15) is 0 Å². The SMILES string of the molecule is COCC(=O)NCCN1CCN(C(=O)OC)CC1. The molecule has 1 heterocycles. The third kappa shape index (κ3) is 4.89. The molecule has 1 aliphatic rings. The molecule has 0 bridgehead atoms. The van der Waals surface area contributed by atoms with E-state index in [1.807, 2.05) is 0 Å². The van der Waals surface area contributed by atoms with E-state index >= 15 is 0 Å². The van der Waals surface area contributed by atoms with Gasteiger partial charge in [-0.05, 0) is 0 Å². The number of carbonyl (C=O) groups excluding carboxylic acids is 2. The van der Waals surface area contributed by atoms with Gasteiger partial charge in [-0.15, -0.1) is 0 Å². The molecule has 18 heavy (non-hydrogen) atoms. The van der Waals surface area contributed by atoms with Crippen LogP contribution in [0.15, 0.2) is 0 Å². The van der Waals surface area contributed by atoms with Crippen LogP contribution in [-0.4, -0.2) is 81.9 Å². The van der Waals surface area contributed by atoms with Crippen molar-refractivity contribution in [3.05, 3.63) is 0 Å². The van der Waals surface area contributed by atoms with Crippen LogP contribution < -0.4 is 5.32 Å². The molecule has 7 heteroatoms. The first kappa shape index (κ1) is 14.7. The first-order valence-electron chi connectivity index (χ1n) is 5.98. The molecule has 1 aliphatic heterocycles. The summed E-state index contributed by atoms with van der Waals surface area (Å²) in [6.45, 7) is 4.41. The van der Waals surface area contributed by atoms with E-state index in [-0.39, 0.29) is 18.6 Å². The molecule has 7 nitrogen and oxygen atoms in total. The maximum absolute atomic E-state index is 11.3. The Kier molecular flexibility index (Phi) is 6.45. The molecule has 1 saturated heterocycles. The van der Waals surface area contributed by atoms with Gasteiger partial charge in [0, 0.05) is 46.4 Å². The molecule has 0 unspecified atom stereocenters. The minimum atomic E-state index is -0.275. The van der Waals surface area contributed by atoms with Crippen molar-refractivity contribution in [2.24, 2.45) is 0 Å². The van der Waals surface area contributed by atoms with E-state index in [2.05, 4.69) is 15.0 Å². The summed E-state index contributed by atoms with van der Waals surface area (Å²) in [5, 5.41) is 2.77. The topological polar surface area (TPSA) is 71.1 Å².